The van der Waals surface area contributed by atoms with Crippen molar-refractivity contribution < 1.29 is 14.7 Å². The van der Waals surface area contributed by atoms with E-state index in [9.17, 15) is 14.7 Å². The van der Waals surface area contributed by atoms with E-state index in [1.165, 1.54) is 0 Å². The van der Waals surface area contributed by atoms with Gasteiger partial charge in [-0.25, -0.2) is 4.79 Å². The molecule has 1 fully saturated rings. The minimum atomic E-state index is -0.835. The van der Waals surface area contributed by atoms with Gasteiger partial charge in [0, 0.05) is 17.8 Å². The molecule has 0 radical (unpaired) electrons. The van der Waals surface area contributed by atoms with Crippen molar-refractivity contribution in [1.82, 2.24) is 10.6 Å². The zero-order valence-electron chi connectivity index (χ0n) is 11.9. The number of carbonyl (C=O) groups is 2. The van der Waals surface area contributed by atoms with E-state index >= 15 is 0 Å². The fraction of sp³-hybridized carbons (Fsp3) is 0.846. The number of urea groups is 1. The molecule has 2 amide bonds. The summed E-state index contributed by atoms with van der Waals surface area (Å²) in [5.74, 6) is 0.0385. The van der Waals surface area contributed by atoms with Gasteiger partial charge in [-0.05, 0) is 32.4 Å². The molecule has 0 heterocycles. The van der Waals surface area contributed by atoms with Crippen LogP contribution in [0.25, 0.3) is 0 Å². The monoisotopic (exact) mass is 288 g/mol. The first-order chi connectivity index (χ1) is 8.93. The van der Waals surface area contributed by atoms with E-state index in [0.29, 0.717) is 6.42 Å². The number of hydrogen-bond acceptors (Lipinski definition) is 3. The molecule has 0 saturated heterocycles. The molecule has 0 aliphatic heterocycles. The summed E-state index contributed by atoms with van der Waals surface area (Å²) < 4.78 is 0. The molecule has 3 atom stereocenters. The number of carbonyl (C=O) groups excluding carboxylic acids is 1. The summed E-state index contributed by atoms with van der Waals surface area (Å²) in [6, 6.07) is -0.399. The number of rotatable bonds is 6. The molecule has 0 aromatic heterocycles. The topological polar surface area (TPSA) is 78.4 Å². The molecule has 0 bridgehead atoms. The summed E-state index contributed by atoms with van der Waals surface area (Å²) in [5, 5.41) is 15.0. The van der Waals surface area contributed by atoms with Crippen molar-refractivity contribution in [3.63, 3.8) is 0 Å². The van der Waals surface area contributed by atoms with Gasteiger partial charge in [0.2, 0.25) is 0 Å². The van der Waals surface area contributed by atoms with Crippen LogP contribution < -0.4 is 10.6 Å². The molecule has 19 heavy (non-hydrogen) atoms. The van der Waals surface area contributed by atoms with Gasteiger partial charge in [0.05, 0.1) is 5.41 Å². The van der Waals surface area contributed by atoms with Gasteiger partial charge < -0.3 is 15.7 Å². The lowest BCUT2D eigenvalue weighted by Crippen LogP contribution is -2.52. The van der Waals surface area contributed by atoms with Crippen molar-refractivity contribution >= 4 is 23.8 Å². The van der Waals surface area contributed by atoms with Crippen LogP contribution >= 0.6 is 11.8 Å². The Hall–Kier alpha value is -0.910. The van der Waals surface area contributed by atoms with Gasteiger partial charge in [-0.1, -0.05) is 13.3 Å². The van der Waals surface area contributed by atoms with Crippen molar-refractivity contribution in [1.29, 1.82) is 0 Å². The second kappa shape index (κ2) is 7.03. The highest BCUT2D eigenvalue weighted by atomic mass is 32.2. The highest BCUT2D eigenvalue weighted by Gasteiger charge is 2.45. The maximum atomic E-state index is 11.9. The van der Waals surface area contributed by atoms with Crippen molar-refractivity contribution in [3.05, 3.63) is 0 Å². The molecule has 1 saturated carbocycles. The Bertz CT molecular complexity index is 338. The van der Waals surface area contributed by atoms with Crippen LogP contribution in [0.4, 0.5) is 4.79 Å². The Morgan fingerprint density at radius 1 is 1.53 bits per heavy atom. The van der Waals surface area contributed by atoms with Gasteiger partial charge in [-0.3, -0.25) is 4.79 Å². The summed E-state index contributed by atoms with van der Waals surface area (Å²) in [6.45, 7) is 3.74. The molecule has 3 N–H and O–H groups in total. The Morgan fingerprint density at radius 2 is 2.21 bits per heavy atom. The van der Waals surface area contributed by atoms with Crippen molar-refractivity contribution in [2.24, 2.45) is 5.41 Å². The minimum Gasteiger partial charge on any atom is -0.481 e. The van der Waals surface area contributed by atoms with Gasteiger partial charge >= 0.3 is 12.0 Å². The number of aliphatic carboxylic acids is 1. The fourth-order valence-electron chi connectivity index (χ4n) is 2.50. The molecular formula is C13H24N2O3S. The molecule has 0 aromatic carbocycles. The molecule has 1 aliphatic carbocycles. The van der Waals surface area contributed by atoms with E-state index in [0.717, 1.165) is 25.0 Å². The third-order valence-electron chi connectivity index (χ3n) is 3.95. The molecule has 5 nitrogen and oxygen atoms in total. The van der Waals surface area contributed by atoms with E-state index in [-0.39, 0.29) is 18.1 Å². The molecule has 1 rings (SSSR count). The first kappa shape index (κ1) is 16.1. The maximum Gasteiger partial charge on any atom is 0.315 e. The Kier molecular flexibility index (Phi) is 5.97. The first-order valence-electron chi connectivity index (χ1n) is 6.73. The van der Waals surface area contributed by atoms with Gasteiger partial charge in [0.15, 0.2) is 0 Å². The zero-order chi connectivity index (χ0) is 14.5. The van der Waals surface area contributed by atoms with Crippen LogP contribution in [0, 0.1) is 5.41 Å². The summed E-state index contributed by atoms with van der Waals surface area (Å²) in [5.41, 5.74) is -0.835. The molecule has 1 aliphatic rings. The highest BCUT2D eigenvalue weighted by molar-refractivity contribution is 7.98. The van der Waals surface area contributed by atoms with Gasteiger partial charge in [-0.15, -0.1) is 0 Å². The van der Waals surface area contributed by atoms with Crippen LogP contribution in [0.3, 0.4) is 0 Å². The van der Waals surface area contributed by atoms with E-state index in [1.807, 2.05) is 13.2 Å². The minimum absolute atomic E-state index is 0.132. The summed E-state index contributed by atoms with van der Waals surface area (Å²) in [7, 11) is 0. The number of nitrogens with one attached hydrogen (secondary N) is 2. The van der Waals surface area contributed by atoms with E-state index in [2.05, 4.69) is 10.6 Å². The lowest BCUT2D eigenvalue weighted by atomic mass is 9.85. The molecule has 110 valence electrons. The summed E-state index contributed by atoms with van der Waals surface area (Å²) >= 11 is 1.69. The smallest absolute Gasteiger partial charge is 0.315 e. The Balaban J connectivity index is 2.54. The van der Waals surface area contributed by atoms with E-state index < -0.39 is 11.4 Å². The van der Waals surface area contributed by atoms with E-state index in [1.54, 1.807) is 18.7 Å². The number of carboxylic acids is 1. The molecule has 3 unspecified atom stereocenters. The van der Waals surface area contributed by atoms with Crippen molar-refractivity contribution in [2.75, 3.05) is 12.0 Å². The molecular weight excluding hydrogens is 264 g/mol. The zero-order valence-corrected chi connectivity index (χ0v) is 12.7. The lowest BCUT2D eigenvalue weighted by Gasteiger charge is -2.28. The van der Waals surface area contributed by atoms with Crippen LogP contribution in [0.2, 0.25) is 0 Å². The van der Waals surface area contributed by atoms with Gasteiger partial charge in [-0.2, -0.15) is 11.8 Å². The maximum absolute atomic E-state index is 11.9. The lowest BCUT2D eigenvalue weighted by molar-refractivity contribution is -0.148. The van der Waals surface area contributed by atoms with Crippen LogP contribution in [-0.4, -0.2) is 41.2 Å². The third kappa shape index (κ3) is 4.03. The van der Waals surface area contributed by atoms with Crippen LogP contribution in [0.15, 0.2) is 0 Å². The second-order valence-corrected chi connectivity index (χ2v) is 6.26. The average Bonchev–Trinajstić information content (AvgIpc) is 2.71. The predicted molar refractivity (Wildman–Crippen MR) is 77.5 cm³/mol. The van der Waals surface area contributed by atoms with E-state index in [4.69, 9.17) is 0 Å². The standard InChI is InChI=1S/C13H24N2O3S/c1-4-9(8-19-3)14-12(18)15-10-6-5-7-13(10,2)11(16)17/h9-10H,4-8H2,1-3H3,(H,16,17)(H2,14,15,18). The first-order valence-corrected chi connectivity index (χ1v) is 8.12. The summed E-state index contributed by atoms with van der Waals surface area (Å²) in [6.07, 6.45) is 5.07. The number of thioether (sulfide) groups is 1. The van der Waals surface area contributed by atoms with Gasteiger partial charge in [0.1, 0.15) is 0 Å². The Labute approximate surface area is 118 Å². The second-order valence-electron chi connectivity index (χ2n) is 5.35. The quantitative estimate of drug-likeness (QED) is 0.699. The van der Waals surface area contributed by atoms with Crippen LogP contribution in [0.1, 0.15) is 39.5 Å². The normalized spacial score (nSPS) is 27.8. The van der Waals surface area contributed by atoms with Crippen LogP contribution in [-0.2, 0) is 4.79 Å². The fourth-order valence-corrected chi connectivity index (χ4v) is 3.22. The van der Waals surface area contributed by atoms with Crippen LogP contribution in [0.5, 0.6) is 0 Å². The van der Waals surface area contributed by atoms with Crippen molar-refractivity contribution in [2.45, 2.75) is 51.6 Å². The third-order valence-corrected chi connectivity index (χ3v) is 4.68. The number of hydrogen-bond donors (Lipinski definition) is 3. The average molecular weight is 288 g/mol. The number of amides is 2. The molecule has 0 aromatic rings. The highest BCUT2D eigenvalue weighted by Crippen LogP contribution is 2.38. The van der Waals surface area contributed by atoms with Gasteiger partial charge in [0.25, 0.3) is 0 Å². The SMILES string of the molecule is CCC(CSC)NC(=O)NC1CCCC1(C)C(=O)O. The predicted octanol–water partition coefficient (Wildman–Crippen LogP) is 2.07. The molecule has 0 spiro atoms. The van der Waals surface area contributed by atoms with Crippen molar-refractivity contribution in [3.8, 4) is 0 Å². The summed E-state index contributed by atoms with van der Waals surface area (Å²) in [4.78, 5) is 23.3. The largest absolute Gasteiger partial charge is 0.481 e. The molecule has 6 heteroatoms. The Morgan fingerprint density at radius 3 is 2.74 bits per heavy atom. The number of carboxylic acid groups (broad SMARTS) is 1.